The van der Waals surface area contributed by atoms with Crippen LogP contribution in [0.4, 0.5) is 0 Å². The summed E-state index contributed by atoms with van der Waals surface area (Å²) in [6.07, 6.45) is 0.851. The van der Waals surface area contributed by atoms with Gasteiger partial charge in [-0.05, 0) is 51.7 Å². The van der Waals surface area contributed by atoms with Crippen molar-refractivity contribution in [3.05, 3.63) is 34.9 Å². The van der Waals surface area contributed by atoms with Crippen LogP contribution in [0.3, 0.4) is 0 Å². The maximum atomic E-state index is 11.6. The quantitative estimate of drug-likeness (QED) is 0.806. The summed E-state index contributed by atoms with van der Waals surface area (Å²) in [4.78, 5) is 13.7. The molecule has 1 aromatic carbocycles. The zero-order chi connectivity index (χ0) is 14.1. The minimum atomic E-state index is -0.0142. The van der Waals surface area contributed by atoms with Gasteiger partial charge in [-0.3, -0.25) is 4.79 Å². The third-order valence-electron chi connectivity index (χ3n) is 2.63. The Hall–Kier alpha value is -0.860. The second-order valence-corrected chi connectivity index (χ2v) is 4.74. The molecular formula is C15H24ClNO. The van der Waals surface area contributed by atoms with E-state index in [-0.39, 0.29) is 11.7 Å². The van der Waals surface area contributed by atoms with E-state index >= 15 is 0 Å². The van der Waals surface area contributed by atoms with Crippen molar-refractivity contribution in [2.75, 3.05) is 20.6 Å². The van der Waals surface area contributed by atoms with Gasteiger partial charge in [-0.15, -0.1) is 0 Å². The van der Waals surface area contributed by atoms with Crippen LogP contribution in [0.1, 0.15) is 38.7 Å². The number of nitrogens with zero attached hydrogens (tertiary/aromatic N) is 1. The molecule has 0 aromatic heterocycles. The van der Waals surface area contributed by atoms with Crippen molar-refractivity contribution >= 4 is 17.4 Å². The van der Waals surface area contributed by atoms with E-state index in [4.69, 9.17) is 11.6 Å². The van der Waals surface area contributed by atoms with Crippen molar-refractivity contribution in [3.8, 4) is 0 Å². The maximum Gasteiger partial charge on any atom is 0.137 e. The first-order valence-electron chi connectivity index (χ1n) is 6.41. The Kier molecular flexibility index (Phi) is 8.69. The van der Waals surface area contributed by atoms with Crippen molar-refractivity contribution < 1.29 is 4.79 Å². The lowest BCUT2D eigenvalue weighted by Crippen LogP contribution is -2.19. The summed E-state index contributed by atoms with van der Waals surface area (Å²) in [5, 5.41) is 0.707. The SMILES string of the molecule is CC.CC(=O)[C@H](CCN(C)C)c1ccc(Cl)cc1. The Morgan fingerprint density at radius 1 is 1.22 bits per heavy atom. The zero-order valence-corrected chi connectivity index (χ0v) is 12.8. The lowest BCUT2D eigenvalue weighted by Gasteiger charge is -2.17. The molecule has 0 aliphatic rings. The van der Waals surface area contributed by atoms with Gasteiger partial charge in [0.05, 0.1) is 0 Å². The number of ketones is 1. The van der Waals surface area contributed by atoms with Crippen LogP contribution in [0, 0.1) is 0 Å². The van der Waals surface area contributed by atoms with Gasteiger partial charge in [-0.25, -0.2) is 0 Å². The highest BCUT2D eigenvalue weighted by Gasteiger charge is 2.16. The third-order valence-corrected chi connectivity index (χ3v) is 2.88. The number of hydrogen-bond donors (Lipinski definition) is 0. The summed E-state index contributed by atoms with van der Waals surface area (Å²) >= 11 is 5.83. The Bertz CT molecular complexity index is 346. The highest BCUT2D eigenvalue weighted by Crippen LogP contribution is 2.22. The second-order valence-electron chi connectivity index (χ2n) is 4.31. The van der Waals surface area contributed by atoms with Gasteiger partial charge in [0, 0.05) is 10.9 Å². The van der Waals surface area contributed by atoms with E-state index in [0.717, 1.165) is 18.5 Å². The van der Waals surface area contributed by atoms with Crippen LogP contribution in [0.5, 0.6) is 0 Å². The number of carbonyl (C=O) groups is 1. The molecule has 0 N–H and O–H groups in total. The van der Waals surface area contributed by atoms with E-state index in [0.29, 0.717) is 5.02 Å². The molecular weight excluding hydrogens is 246 g/mol. The van der Waals surface area contributed by atoms with Gasteiger partial charge in [-0.1, -0.05) is 37.6 Å². The number of carbonyl (C=O) groups excluding carboxylic acids is 1. The van der Waals surface area contributed by atoms with Gasteiger partial charge in [-0.2, -0.15) is 0 Å². The van der Waals surface area contributed by atoms with E-state index in [2.05, 4.69) is 4.90 Å². The molecule has 2 nitrogen and oxygen atoms in total. The second kappa shape index (κ2) is 9.12. The monoisotopic (exact) mass is 269 g/mol. The predicted octanol–water partition coefficient (Wildman–Crippen LogP) is 3.99. The highest BCUT2D eigenvalue weighted by atomic mass is 35.5. The Balaban J connectivity index is 0.00000137. The van der Waals surface area contributed by atoms with Crippen LogP contribution >= 0.6 is 11.6 Å². The van der Waals surface area contributed by atoms with Crippen LogP contribution < -0.4 is 0 Å². The van der Waals surface area contributed by atoms with Gasteiger partial charge >= 0.3 is 0 Å². The number of benzene rings is 1. The van der Waals surface area contributed by atoms with E-state index in [1.165, 1.54) is 0 Å². The Morgan fingerprint density at radius 2 is 1.72 bits per heavy atom. The number of Topliss-reactive ketones (excluding diaryl/α,β-unsaturated/α-hetero) is 1. The molecule has 1 atom stereocenters. The molecule has 0 aliphatic carbocycles. The molecule has 0 fully saturated rings. The van der Waals surface area contributed by atoms with Gasteiger partial charge in [0.25, 0.3) is 0 Å². The smallest absolute Gasteiger partial charge is 0.137 e. The molecule has 1 aromatic rings. The first-order chi connectivity index (χ1) is 8.50. The van der Waals surface area contributed by atoms with Crippen molar-refractivity contribution in [1.29, 1.82) is 0 Å². The molecule has 0 heterocycles. The van der Waals surface area contributed by atoms with Crippen LogP contribution in [-0.4, -0.2) is 31.3 Å². The maximum absolute atomic E-state index is 11.6. The number of rotatable bonds is 5. The van der Waals surface area contributed by atoms with Gasteiger partial charge in [0.1, 0.15) is 5.78 Å². The summed E-state index contributed by atoms with van der Waals surface area (Å²) in [7, 11) is 4.03. The molecule has 0 saturated carbocycles. The molecule has 0 aliphatic heterocycles. The van der Waals surface area contributed by atoms with Crippen molar-refractivity contribution in [2.24, 2.45) is 0 Å². The van der Waals surface area contributed by atoms with Crippen molar-refractivity contribution in [1.82, 2.24) is 4.90 Å². The third kappa shape index (κ3) is 6.18. The van der Waals surface area contributed by atoms with Gasteiger partial charge in [0.2, 0.25) is 0 Å². The fourth-order valence-electron chi connectivity index (χ4n) is 1.69. The standard InChI is InChI=1S/C13H18ClNO.C2H6/c1-10(16)13(8-9-15(2)3)11-4-6-12(14)7-5-11;1-2/h4-7,13H,8-9H2,1-3H3;1-2H3/t13-;/m0./s1. The summed E-state index contributed by atoms with van der Waals surface area (Å²) in [6, 6.07) is 7.54. The molecule has 3 heteroatoms. The van der Waals surface area contributed by atoms with E-state index in [1.807, 2.05) is 52.2 Å². The largest absolute Gasteiger partial charge is 0.309 e. The fourth-order valence-corrected chi connectivity index (χ4v) is 1.81. The molecule has 0 spiro atoms. The normalized spacial score (nSPS) is 11.7. The molecule has 0 radical (unpaired) electrons. The van der Waals surface area contributed by atoms with Crippen LogP contribution in [-0.2, 0) is 4.79 Å². The summed E-state index contributed by atoms with van der Waals surface area (Å²) in [6.45, 7) is 6.56. The summed E-state index contributed by atoms with van der Waals surface area (Å²) in [5.41, 5.74) is 1.05. The predicted molar refractivity (Wildman–Crippen MR) is 79.4 cm³/mol. The fraction of sp³-hybridized carbons (Fsp3) is 0.533. The first-order valence-corrected chi connectivity index (χ1v) is 6.79. The molecule has 0 unspecified atom stereocenters. The Morgan fingerprint density at radius 3 is 2.11 bits per heavy atom. The molecule has 102 valence electrons. The molecule has 0 bridgehead atoms. The molecule has 0 saturated heterocycles. The topological polar surface area (TPSA) is 20.3 Å². The van der Waals surface area contributed by atoms with Crippen LogP contribution in [0.15, 0.2) is 24.3 Å². The molecule has 1 rings (SSSR count). The first kappa shape index (κ1) is 17.1. The van der Waals surface area contributed by atoms with E-state index < -0.39 is 0 Å². The Labute approximate surface area is 116 Å². The minimum absolute atomic E-state index is 0.0142. The van der Waals surface area contributed by atoms with Crippen molar-refractivity contribution in [2.45, 2.75) is 33.1 Å². The summed E-state index contributed by atoms with van der Waals surface area (Å²) < 4.78 is 0. The van der Waals surface area contributed by atoms with Crippen LogP contribution in [0.25, 0.3) is 0 Å². The average Bonchev–Trinajstić information content (AvgIpc) is 2.33. The summed E-state index contributed by atoms with van der Waals surface area (Å²) in [5.74, 6) is 0.198. The zero-order valence-electron chi connectivity index (χ0n) is 12.0. The minimum Gasteiger partial charge on any atom is -0.309 e. The number of halogens is 1. The van der Waals surface area contributed by atoms with Crippen LogP contribution in [0.2, 0.25) is 5.02 Å². The lowest BCUT2D eigenvalue weighted by molar-refractivity contribution is -0.118. The molecule has 18 heavy (non-hydrogen) atoms. The van der Waals surface area contributed by atoms with Gasteiger partial charge in [0.15, 0.2) is 0 Å². The van der Waals surface area contributed by atoms with E-state index in [9.17, 15) is 4.79 Å². The van der Waals surface area contributed by atoms with Gasteiger partial charge < -0.3 is 4.90 Å². The highest BCUT2D eigenvalue weighted by molar-refractivity contribution is 6.30. The molecule has 0 amide bonds. The number of hydrogen-bond acceptors (Lipinski definition) is 2. The van der Waals surface area contributed by atoms with Crippen molar-refractivity contribution in [3.63, 3.8) is 0 Å². The van der Waals surface area contributed by atoms with E-state index in [1.54, 1.807) is 6.92 Å². The lowest BCUT2D eigenvalue weighted by atomic mass is 9.92. The average molecular weight is 270 g/mol.